The van der Waals surface area contributed by atoms with Crippen molar-refractivity contribution in [3.05, 3.63) is 10.6 Å². The number of carbonyl (C=O) groups excluding carboxylic acids is 1. The molecule has 1 aromatic heterocycles. The van der Waals surface area contributed by atoms with Crippen LogP contribution in [-0.4, -0.2) is 23.0 Å². The second-order valence-electron chi connectivity index (χ2n) is 5.77. The molecule has 1 aromatic rings. The second-order valence-corrected chi connectivity index (χ2v) is 6.85. The zero-order valence-electron chi connectivity index (χ0n) is 11.4. The van der Waals surface area contributed by atoms with E-state index in [-0.39, 0.29) is 5.91 Å². The summed E-state index contributed by atoms with van der Waals surface area (Å²) < 4.78 is 0. The molecule has 1 aliphatic carbocycles. The summed E-state index contributed by atoms with van der Waals surface area (Å²) in [5.74, 6) is 0.0679. The maximum atomic E-state index is 12.4. The lowest BCUT2D eigenvalue weighted by molar-refractivity contribution is -0.122. The molecule has 4 nitrogen and oxygen atoms in total. The molecule has 2 heterocycles. The van der Waals surface area contributed by atoms with Gasteiger partial charge in [-0.2, -0.15) is 0 Å². The molecule has 104 valence electrons. The molecule has 0 saturated carbocycles. The average molecular weight is 279 g/mol. The lowest BCUT2D eigenvalue weighted by atomic mass is 9.90. The molecule has 1 saturated heterocycles. The van der Waals surface area contributed by atoms with Gasteiger partial charge in [0.25, 0.3) is 0 Å². The third kappa shape index (κ3) is 2.67. The summed E-state index contributed by atoms with van der Waals surface area (Å²) in [4.78, 5) is 18.3. The SMILES string of the molecule is CC1(C(=O)Nc2nc3c(s2)CCCC3)CCCCN1. The maximum Gasteiger partial charge on any atom is 0.246 e. The van der Waals surface area contributed by atoms with Crippen molar-refractivity contribution in [3.63, 3.8) is 0 Å². The van der Waals surface area contributed by atoms with Crippen molar-refractivity contribution < 1.29 is 4.79 Å². The smallest absolute Gasteiger partial charge is 0.246 e. The number of rotatable bonds is 2. The molecule has 5 heteroatoms. The molecule has 0 aromatic carbocycles. The van der Waals surface area contributed by atoms with Crippen molar-refractivity contribution in [1.29, 1.82) is 0 Å². The van der Waals surface area contributed by atoms with Crippen LogP contribution in [0.15, 0.2) is 0 Å². The van der Waals surface area contributed by atoms with Crippen molar-refractivity contribution in [2.45, 2.75) is 57.4 Å². The Labute approximate surface area is 118 Å². The van der Waals surface area contributed by atoms with Crippen LogP contribution in [0.1, 0.15) is 49.6 Å². The summed E-state index contributed by atoms with van der Waals surface area (Å²) in [6, 6.07) is 0. The Balaban J connectivity index is 1.70. The first-order valence-corrected chi connectivity index (χ1v) is 8.04. The molecule has 1 unspecified atom stereocenters. The molecule has 2 N–H and O–H groups in total. The van der Waals surface area contributed by atoms with E-state index >= 15 is 0 Å². The number of hydrogen-bond donors (Lipinski definition) is 2. The highest BCUT2D eigenvalue weighted by molar-refractivity contribution is 7.15. The molecular formula is C14H21N3OS. The number of nitrogens with zero attached hydrogens (tertiary/aromatic N) is 1. The molecular weight excluding hydrogens is 258 g/mol. The van der Waals surface area contributed by atoms with Gasteiger partial charge in [0.2, 0.25) is 5.91 Å². The lowest BCUT2D eigenvalue weighted by Crippen LogP contribution is -2.54. The minimum Gasteiger partial charge on any atom is -0.304 e. The van der Waals surface area contributed by atoms with Gasteiger partial charge in [-0.25, -0.2) is 4.98 Å². The Bertz CT molecular complexity index is 454. The Morgan fingerprint density at radius 2 is 2.16 bits per heavy atom. The Morgan fingerprint density at radius 1 is 1.32 bits per heavy atom. The van der Waals surface area contributed by atoms with Gasteiger partial charge in [-0.1, -0.05) is 0 Å². The minimum atomic E-state index is -0.426. The first-order valence-electron chi connectivity index (χ1n) is 7.22. The highest BCUT2D eigenvalue weighted by Crippen LogP contribution is 2.30. The highest BCUT2D eigenvalue weighted by Gasteiger charge is 2.34. The van der Waals surface area contributed by atoms with Gasteiger partial charge in [0.1, 0.15) is 0 Å². The van der Waals surface area contributed by atoms with E-state index in [0.29, 0.717) is 0 Å². The quantitative estimate of drug-likeness (QED) is 0.874. The average Bonchev–Trinajstić information content (AvgIpc) is 2.81. The predicted molar refractivity (Wildman–Crippen MR) is 77.6 cm³/mol. The third-order valence-electron chi connectivity index (χ3n) is 4.19. The van der Waals surface area contributed by atoms with E-state index in [2.05, 4.69) is 15.6 Å². The van der Waals surface area contributed by atoms with Crippen molar-refractivity contribution >= 4 is 22.4 Å². The van der Waals surface area contributed by atoms with Crippen molar-refractivity contribution in [1.82, 2.24) is 10.3 Å². The van der Waals surface area contributed by atoms with Crippen LogP contribution in [0.3, 0.4) is 0 Å². The number of aryl methyl sites for hydroxylation is 2. The summed E-state index contributed by atoms with van der Waals surface area (Å²) in [5, 5.41) is 7.14. The van der Waals surface area contributed by atoms with Crippen LogP contribution in [-0.2, 0) is 17.6 Å². The fourth-order valence-electron chi connectivity index (χ4n) is 2.89. The van der Waals surface area contributed by atoms with E-state index in [0.717, 1.165) is 43.8 Å². The normalized spacial score (nSPS) is 26.8. The monoisotopic (exact) mass is 279 g/mol. The number of hydrogen-bond acceptors (Lipinski definition) is 4. The van der Waals surface area contributed by atoms with Crippen molar-refractivity contribution in [3.8, 4) is 0 Å². The minimum absolute atomic E-state index is 0.0679. The first-order chi connectivity index (χ1) is 9.17. The van der Waals surface area contributed by atoms with E-state index in [1.54, 1.807) is 11.3 Å². The van der Waals surface area contributed by atoms with E-state index in [1.165, 1.54) is 23.4 Å². The number of fused-ring (bicyclic) bond motifs is 1. The summed E-state index contributed by atoms with van der Waals surface area (Å²) in [7, 11) is 0. The topological polar surface area (TPSA) is 54.0 Å². The zero-order chi connectivity index (χ0) is 13.3. The molecule has 0 bridgehead atoms. The number of thiazole rings is 1. The first kappa shape index (κ1) is 13.1. The van der Waals surface area contributed by atoms with Gasteiger partial charge in [-0.05, 0) is 58.4 Å². The van der Waals surface area contributed by atoms with Gasteiger partial charge < -0.3 is 10.6 Å². The third-order valence-corrected chi connectivity index (χ3v) is 5.26. The summed E-state index contributed by atoms with van der Waals surface area (Å²) in [5.41, 5.74) is 0.776. The van der Waals surface area contributed by atoms with E-state index in [9.17, 15) is 4.79 Å². The second kappa shape index (κ2) is 5.21. The molecule has 1 amide bonds. The van der Waals surface area contributed by atoms with Crippen LogP contribution >= 0.6 is 11.3 Å². The molecule has 3 rings (SSSR count). The van der Waals surface area contributed by atoms with Gasteiger partial charge in [0, 0.05) is 4.88 Å². The van der Waals surface area contributed by atoms with Crippen LogP contribution in [0.2, 0.25) is 0 Å². The molecule has 0 spiro atoms. The number of nitrogens with one attached hydrogen (secondary N) is 2. The van der Waals surface area contributed by atoms with Gasteiger partial charge >= 0.3 is 0 Å². The molecule has 1 fully saturated rings. The van der Waals surface area contributed by atoms with Crippen molar-refractivity contribution in [2.24, 2.45) is 0 Å². The highest BCUT2D eigenvalue weighted by atomic mass is 32.1. The Morgan fingerprint density at radius 3 is 2.89 bits per heavy atom. The fraction of sp³-hybridized carbons (Fsp3) is 0.714. The molecule has 2 aliphatic rings. The number of anilines is 1. The van der Waals surface area contributed by atoms with E-state index in [4.69, 9.17) is 0 Å². The number of carbonyl (C=O) groups is 1. The van der Waals surface area contributed by atoms with Crippen LogP contribution in [0, 0.1) is 0 Å². The van der Waals surface area contributed by atoms with E-state index < -0.39 is 5.54 Å². The summed E-state index contributed by atoms with van der Waals surface area (Å²) in [6.07, 6.45) is 7.85. The molecule has 1 atom stereocenters. The Kier molecular flexibility index (Phi) is 3.58. The Hall–Kier alpha value is -0.940. The van der Waals surface area contributed by atoms with Gasteiger partial charge in [-0.15, -0.1) is 11.3 Å². The van der Waals surface area contributed by atoms with Crippen molar-refractivity contribution in [2.75, 3.05) is 11.9 Å². The standard InChI is InChI=1S/C14H21N3OS/c1-14(8-4-5-9-15-14)12(18)17-13-16-10-6-2-3-7-11(10)19-13/h15H,2-9H2,1H3,(H,16,17,18). The summed E-state index contributed by atoms with van der Waals surface area (Å²) in [6.45, 7) is 2.92. The van der Waals surface area contributed by atoms with Crippen LogP contribution in [0.4, 0.5) is 5.13 Å². The molecule has 0 radical (unpaired) electrons. The largest absolute Gasteiger partial charge is 0.304 e. The van der Waals surface area contributed by atoms with Gasteiger partial charge in [-0.3, -0.25) is 4.79 Å². The van der Waals surface area contributed by atoms with Crippen LogP contribution in [0.25, 0.3) is 0 Å². The predicted octanol–water partition coefficient (Wildman–Crippen LogP) is 2.49. The maximum absolute atomic E-state index is 12.4. The summed E-state index contributed by atoms with van der Waals surface area (Å²) >= 11 is 1.66. The lowest BCUT2D eigenvalue weighted by Gasteiger charge is -2.33. The number of piperidine rings is 1. The van der Waals surface area contributed by atoms with Gasteiger partial charge in [0.15, 0.2) is 5.13 Å². The molecule has 1 aliphatic heterocycles. The molecule has 19 heavy (non-hydrogen) atoms. The number of aromatic nitrogens is 1. The number of amides is 1. The fourth-order valence-corrected chi connectivity index (χ4v) is 3.94. The zero-order valence-corrected chi connectivity index (χ0v) is 12.2. The van der Waals surface area contributed by atoms with Crippen LogP contribution < -0.4 is 10.6 Å². The van der Waals surface area contributed by atoms with Gasteiger partial charge in [0.05, 0.1) is 11.2 Å². The van der Waals surface area contributed by atoms with E-state index in [1.807, 2.05) is 6.92 Å². The van der Waals surface area contributed by atoms with Crippen LogP contribution in [0.5, 0.6) is 0 Å².